The molecule has 0 spiro atoms. The van der Waals surface area contributed by atoms with E-state index in [1.807, 2.05) is 25.2 Å². The van der Waals surface area contributed by atoms with Crippen LogP contribution in [0.3, 0.4) is 0 Å². The molecule has 1 aromatic carbocycles. The first kappa shape index (κ1) is 16.1. The van der Waals surface area contributed by atoms with Gasteiger partial charge in [-0.3, -0.25) is 4.99 Å². The highest BCUT2D eigenvalue weighted by molar-refractivity contribution is 5.80. The number of nitrogens with zero attached hydrogens (tertiary/aromatic N) is 1. The Balaban J connectivity index is 1.61. The minimum absolute atomic E-state index is 0.142. The second-order valence-electron chi connectivity index (χ2n) is 6.92. The normalized spacial score (nSPS) is 28.7. The maximum atomic E-state index is 5.86. The molecule has 2 N–H and O–H groups in total. The summed E-state index contributed by atoms with van der Waals surface area (Å²) < 4.78 is 11.3. The van der Waals surface area contributed by atoms with E-state index in [1.54, 1.807) is 7.11 Å². The standard InChI is InChI=1S/C18H27N3O2/c1-18(2)15(13-9-10-23-16(13)18)21-17(19-3)20-11-12-7-5-6-8-14(12)22-4/h5-8,13,15-16H,9-11H2,1-4H3,(H2,19,20,21). The third-order valence-corrected chi connectivity index (χ3v) is 5.26. The third-order valence-electron chi connectivity index (χ3n) is 5.26. The fourth-order valence-corrected chi connectivity index (χ4v) is 3.99. The molecule has 23 heavy (non-hydrogen) atoms. The van der Waals surface area contributed by atoms with Gasteiger partial charge in [0.25, 0.3) is 0 Å². The minimum Gasteiger partial charge on any atom is -0.496 e. The summed E-state index contributed by atoms with van der Waals surface area (Å²) in [6.45, 7) is 6.10. The van der Waals surface area contributed by atoms with Crippen molar-refractivity contribution in [3.05, 3.63) is 29.8 Å². The van der Waals surface area contributed by atoms with Gasteiger partial charge in [-0.05, 0) is 12.5 Å². The highest BCUT2D eigenvalue weighted by Crippen LogP contribution is 2.52. The largest absolute Gasteiger partial charge is 0.496 e. The van der Waals surface area contributed by atoms with Gasteiger partial charge < -0.3 is 20.1 Å². The second-order valence-corrected chi connectivity index (χ2v) is 6.92. The molecule has 1 heterocycles. The molecular formula is C18H27N3O2. The van der Waals surface area contributed by atoms with Crippen molar-refractivity contribution in [1.29, 1.82) is 0 Å². The van der Waals surface area contributed by atoms with Crippen LogP contribution in [0.4, 0.5) is 0 Å². The summed E-state index contributed by atoms with van der Waals surface area (Å²) in [7, 11) is 3.51. The molecule has 2 aliphatic rings. The van der Waals surface area contributed by atoms with Crippen LogP contribution in [-0.2, 0) is 11.3 Å². The number of fused-ring (bicyclic) bond motifs is 1. The second kappa shape index (κ2) is 6.40. The molecule has 2 fully saturated rings. The predicted octanol–water partition coefficient (Wildman–Crippen LogP) is 2.17. The fourth-order valence-electron chi connectivity index (χ4n) is 3.99. The monoisotopic (exact) mass is 317 g/mol. The average Bonchev–Trinajstić information content (AvgIpc) is 3.02. The molecule has 0 aromatic heterocycles. The minimum atomic E-state index is 0.142. The predicted molar refractivity (Wildman–Crippen MR) is 91.7 cm³/mol. The van der Waals surface area contributed by atoms with E-state index in [4.69, 9.17) is 9.47 Å². The first-order valence-electron chi connectivity index (χ1n) is 8.28. The summed E-state index contributed by atoms with van der Waals surface area (Å²) in [5, 5.41) is 6.99. The van der Waals surface area contributed by atoms with Gasteiger partial charge in [-0.15, -0.1) is 0 Å². The topological polar surface area (TPSA) is 54.9 Å². The van der Waals surface area contributed by atoms with Crippen molar-refractivity contribution in [2.75, 3.05) is 20.8 Å². The Morgan fingerprint density at radius 3 is 2.91 bits per heavy atom. The van der Waals surface area contributed by atoms with Crippen LogP contribution in [0.5, 0.6) is 5.75 Å². The number of ether oxygens (including phenoxy) is 2. The summed E-state index contributed by atoms with van der Waals surface area (Å²) in [5.74, 6) is 2.32. The summed E-state index contributed by atoms with van der Waals surface area (Å²) in [4.78, 5) is 4.37. The van der Waals surface area contributed by atoms with Crippen LogP contribution >= 0.6 is 0 Å². The summed E-state index contributed by atoms with van der Waals surface area (Å²) >= 11 is 0. The molecule has 1 saturated heterocycles. The van der Waals surface area contributed by atoms with E-state index in [2.05, 4.69) is 35.5 Å². The summed E-state index contributed by atoms with van der Waals surface area (Å²) in [6.07, 6.45) is 1.52. The fraction of sp³-hybridized carbons (Fsp3) is 0.611. The van der Waals surface area contributed by atoms with E-state index >= 15 is 0 Å². The first-order chi connectivity index (χ1) is 11.1. The van der Waals surface area contributed by atoms with Crippen molar-refractivity contribution in [1.82, 2.24) is 10.6 Å². The van der Waals surface area contributed by atoms with Gasteiger partial charge in [0.2, 0.25) is 0 Å². The number of guanidine groups is 1. The van der Waals surface area contributed by atoms with E-state index in [9.17, 15) is 0 Å². The molecule has 1 aliphatic heterocycles. The molecular weight excluding hydrogens is 290 g/mol. The van der Waals surface area contributed by atoms with Gasteiger partial charge in [-0.25, -0.2) is 0 Å². The van der Waals surface area contributed by atoms with E-state index < -0.39 is 0 Å². The van der Waals surface area contributed by atoms with E-state index in [-0.39, 0.29) is 5.41 Å². The van der Waals surface area contributed by atoms with Crippen LogP contribution in [0.2, 0.25) is 0 Å². The van der Waals surface area contributed by atoms with Crippen molar-refractivity contribution >= 4 is 5.96 Å². The van der Waals surface area contributed by atoms with Crippen molar-refractivity contribution in [2.24, 2.45) is 16.3 Å². The van der Waals surface area contributed by atoms with Gasteiger partial charge in [-0.1, -0.05) is 32.0 Å². The molecule has 1 aliphatic carbocycles. The molecule has 126 valence electrons. The molecule has 3 rings (SSSR count). The molecule has 5 nitrogen and oxygen atoms in total. The van der Waals surface area contributed by atoms with Crippen LogP contribution in [-0.4, -0.2) is 38.9 Å². The number of para-hydroxylation sites is 1. The Bertz CT molecular complexity index is 585. The highest BCUT2D eigenvalue weighted by atomic mass is 16.5. The number of aliphatic imine (C=N–C) groups is 1. The maximum absolute atomic E-state index is 5.86. The van der Waals surface area contributed by atoms with Gasteiger partial charge in [0.15, 0.2) is 5.96 Å². The zero-order chi connectivity index (χ0) is 16.4. The molecule has 0 amide bonds. The number of rotatable bonds is 4. The quantitative estimate of drug-likeness (QED) is 0.660. The molecule has 5 heteroatoms. The van der Waals surface area contributed by atoms with Gasteiger partial charge in [0.05, 0.1) is 13.2 Å². The van der Waals surface area contributed by atoms with Gasteiger partial charge >= 0.3 is 0 Å². The Morgan fingerprint density at radius 2 is 2.17 bits per heavy atom. The average molecular weight is 317 g/mol. The Morgan fingerprint density at radius 1 is 1.39 bits per heavy atom. The number of methoxy groups -OCH3 is 1. The molecule has 0 radical (unpaired) electrons. The van der Waals surface area contributed by atoms with Crippen molar-refractivity contribution in [3.63, 3.8) is 0 Å². The molecule has 3 unspecified atom stereocenters. The number of hydrogen-bond acceptors (Lipinski definition) is 3. The van der Waals surface area contributed by atoms with Crippen LogP contribution < -0.4 is 15.4 Å². The van der Waals surface area contributed by atoms with Gasteiger partial charge in [0, 0.05) is 43.1 Å². The first-order valence-corrected chi connectivity index (χ1v) is 8.28. The van der Waals surface area contributed by atoms with Crippen molar-refractivity contribution < 1.29 is 9.47 Å². The molecule has 1 saturated carbocycles. The van der Waals surface area contributed by atoms with Crippen LogP contribution in [0, 0.1) is 11.3 Å². The number of hydrogen-bond donors (Lipinski definition) is 2. The summed E-state index contributed by atoms with van der Waals surface area (Å²) in [6, 6.07) is 8.44. The van der Waals surface area contributed by atoms with Crippen LogP contribution in [0.25, 0.3) is 0 Å². The highest BCUT2D eigenvalue weighted by Gasteiger charge is 2.59. The Hall–Kier alpha value is -1.75. The van der Waals surface area contributed by atoms with Crippen LogP contribution in [0.1, 0.15) is 25.8 Å². The van der Waals surface area contributed by atoms with Gasteiger partial charge in [0.1, 0.15) is 5.75 Å². The Kier molecular flexibility index (Phi) is 4.48. The SMILES string of the molecule is CN=C(NCc1ccccc1OC)NC1C2CCOC2C1(C)C. The zero-order valence-electron chi connectivity index (χ0n) is 14.4. The van der Waals surface area contributed by atoms with E-state index in [0.29, 0.717) is 24.6 Å². The molecule has 0 bridgehead atoms. The third kappa shape index (κ3) is 2.90. The smallest absolute Gasteiger partial charge is 0.191 e. The molecule has 1 aromatic rings. The van der Waals surface area contributed by atoms with Crippen LogP contribution in [0.15, 0.2) is 29.3 Å². The lowest BCUT2D eigenvalue weighted by Crippen LogP contribution is -2.67. The lowest BCUT2D eigenvalue weighted by molar-refractivity contribution is -0.106. The lowest BCUT2D eigenvalue weighted by atomic mass is 9.57. The van der Waals surface area contributed by atoms with Crippen molar-refractivity contribution in [2.45, 2.75) is 39.0 Å². The lowest BCUT2D eigenvalue weighted by Gasteiger charge is -2.54. The summed E-state index contributed by atoms with van der Waals surface area (Å²) in [5.41, 5.74) is 1.26. The number of nitrogens with one attached hydrogen (secondary N) is 2. The van der Waals surface area contributed by atoms with E-state index in [1.165, 1.54) is 0 Å². The number of benzene rings is 1. The Labute approximate surface area is 138 Å². The zero-order valence-corrected chi connectivity index (χ0v) is 14.4. The van der Waals surface area contributed by atoms with Gasteiger partial charge in [-0.2, -0.15) is 0 Å². The van der Waals surface area contributed by atoms with Crippen molar-refractivity contribution in [3.8, 4) is 5.75 Å². The maximum Gasteiger partial charge on any atom is 0.191 e. The van der Waals surface area contributed by atoms with E-state index in [0.717, 1.165) is 30.3 Å². The molecule has 3 atom stereocenters.